The summed E-state index contributed by atoms with van der Waals surface area (Å²) < 4.78 is 0. The van der Waals surface area contributed by atoms with Crippen LogP contribution in [0, 0.1) is 0 Å². The topological polar surface area (TPSA) is 25.8 Å². The molecular weight excluding hydrogens is 653 g/mol. The fourth-order valence-electron chi connectivity index (χ4n) is 9.09. The maximum absolute atomic E-state index is 5.05. The number of pyridine rings is 2. The number of hydrogen-bond donors (Lipinski definition) is 0. The molecule has 0 aliphatic rings. The summed E-state index contributed by atoms with van der Waals surface area (Å²) in [5, 5.41) is 19.6. The van der Waals surface area contributed by atoms with Crippen LogP contribution in [0.2, 0.25) is 0 Å². The van der Waals surface area contributed by atoms with Gasteiger partial charge in [-0.2, -0.15) is 0 Å². The normalized spacial score (nSPS) is 12.1. The minimum absolute atomic E-state index is 1.01. The first-order valence-corrected chi connectivity index (χ1v) is 18.5. The van der Waals surface area contributed by atoms with E-state index in [1.165, 1.54) is 97.7 Å². The van der Waals surface area contributed by atoms with Crippen LogP contribution in [0.4, 0.5) is 0 Å². The lowest BCUT2D eigenvalue weighted by Gasteiger charge is -2.18. The van der Waals surface area contributed by atoms with Crippen molar-refractivity contribution in [2.24, 2.45) is 0 Å². The lowest BCUT2D eigenvalue weighted by molar-refractivity contribution is 1.42. The third-order valence-corrected chi connectivity index (χ3v) is 11.6. The van der Waals surface area contributed by atoms with Crippen LogP contribution in [0.15, 0.2) is 182 Å². The van der Waals surface area contributed by atoms with E-state index in [-0.39, 0.29) is 0 Å². The molecule has 54 heavy (non-hydrogen) atoms. The second-order valence-corrected chi connectivity index (χ2v) is 14.5. The van der Waals surface area contributed by atoms with Crippen molar-refractivity contribution in [1.29, 1.82) is 0 Å². The molecule has 0 aliphatic carbocycles. The highest BCUT2D eigenvalue weighted by molar-refractivity contribution is 6.28. The molecular formula is C52H30N2. The third kappa shape index (κ3) is 4.28. The highest BCUT2D eigenvalue weighted by Crippen LogP contribution is 2.45. The molecule has 0 fully saturated rings. The van der Waals surface area contributed by atoms with Crippen LogP contribution in [-0.4, -0.2) is 9.97 Å². The van der Waals surface area contributed by atoms with Crippen molar-refractivity contribution in [3.8, 4) is 22.3 Å². The summed E-state index contributed by atoms with van der Waals surface area (Å²) in [6, 6.07) is 62.7. The molecule has 12 rings (SSSR count). The van der Waals surface area contributed by atoms with E-state index in [0.29, 0.717) is 0 Å². The highest BCUT2D eigenvalue weighted by Gasteiger charge is 2.19. The predicted molar refractivity (Wildman–Crippen MR) is 230 cm³/mol. The fourth-order valence-corrected chi connectivity index (χ4v) is 9.09. The number of rotatable bonds is 2. The van der Waals surface area contributed by atoms with Crippen LogP contribution in [0.1, 0.15) is 0 Å². The molecule has 0 spiro atoms. The van der Waals surface area contributed by atoms with Crippen LogP contribution in [0.3, 0.4) is 0 Å². The lowest BCUT2D eigenvalue weighted by Crippen LogP contribution is -1.92. The van der Waals surface area contributed by atoms with Gasteiger partial charge in [-0.25, -0.2) is 0 Å². The number of hydrogen-bond acceptors (Lipinski definition) is 2. The standard InChI is InChI=1S/C52H30N2/c1-3-11-40-31(7-1)17-21-44-41-20-18-36(25-34(41)19-22-43(40)44)47-28-33-8-2-4-12-42(33)51-50(47)48(29-39-10-6-24-54-52(39)51)37-16-14-32-13-15-35-26-38-9-5-23-53-49(38)30-46(35)45(32)27-37/h1-30H. The molecule has 2 heteroatoms. The van der Waals surface area contributed by atoms with Gasteiger partial charge in [-0.3, -0.25) is 9.97 Å². The Kier molecular flexibility index (Phi) is 6.09. The largest absolute Gasteiger partial charge is 0.256 e. The van der Waals surface area contributed by atoms with Crippen molar-refractivity contribution in [2.45, 2.75) is 0 Å². The SMILES string of the molecule is c1cnc2cc3c(ccc4ccc(-c5cc6cccnc6c6c5c(-c5ccc7c(ccc8c9ccccc9ccc78)c5)cc5ccccc56)cc43)cc2c1. The molecule has 0 radical (unpaired) electrons. The number of aromatic nitrogens is 2. The first-order valence-electron chi connectivity index (χ1n) is 18.5. The van der Waals surface area contributed by atoms with E-state index < -0.39 is 0 Å². The molecule has 0 bridgehead atoms. The zero-order valence-corrected chi connectivity index (χ0v) is 29.2. The molecule has 2 aromatic heterocycles. The van der Waals surface area contributed by atoms with Crippen LogP contribution in [-0.2, 0) is 0 Å². The maximum atomic E-state index is 5.05. The van der Waals surface area contributed by atoms with E-state index in [9.17, 15) is 0 Å². The van der Waals surface area contributed by atoms with Gasteiger partial charge in [0, 0.05) is 33.9 Å². The monoisotopic (exact) mass is 682 g/mol. The number of benzene rings is 10. The van der Waals surface area contributed by atoms with Gasteiger partial charge in [-0.05, 0) is 135 Å². The van der Waals surface area contributed by atoms with Crippen molar-refractivity contribution in [1.82, 2.24) is 9.97 Å². The summed E-state index contributed by atoms with van der Waals surface area (Å²) in [7, 11) is 0. The molecule has 2 nitrogen and oxygen atoms in total. The van der Waals surface area contributed by atoms with Gasteiger partial charge < -0.3 is 0 Å². The van der Waals surface area contributed by atoms with E-state index in [1.54, 1.807) is 0 Å². The van der Waals surface area contributed by atoms with Crippen molar-refractivity contribution in [3.05, 3.63) is 182 Å². The van der Waals surface area contributed by atoms with Crippen LogP contribution >= 0.6 is 0 Å². The Labute approximate surface area is 310 Å². The summed E-state index contributed by atoms with van der Waals surface area (Å²) >= 11 is 0. The smallest absolute Gasteiger partial charge is 0.0787 e. The van der Waals surface area contributed by atoms with Crippen LogP contribution in [0.25, 0.3) is 119 Å². The van der Waals surface area contributed by atoms with Crippen molar-refractivity contribution in [3.63, 3.8) is 0 Å². The predicted octanol–water partition coefficient (Wildman–Crippen LogP) is 14.2. The fraction of sp³-hybridized carbons (Fsp3) is 0. The quantitative estimate of drug-likeness (QED) is 0.134. The van der Waals surface area contributed by atoms with Crippen LogP contribution in [0.5, 0.6) is 0 Å². The first kappa shape index (κ1) is 29.4. The minimum atomic E-state index is 1.01. The first-order chi connectivity index (χ1) is 26.7. The summed E-state index contributed by atoms with van der Waals surface area (Å²) in [6.45, 7) is 0. The number of nitrogens with zero attached hydrogens (tertiary/aromatic N) is 2. The Balaban J connectivity index is 1.18. The van der Waals surface area contributed by atoms with Crippen molar-refractivity contribution >= 4 is 97.2 Å². The average molecular weight is 683 g/mol. The van der Waals surface area contributed by atoms with Crippen molar-refractivity contribution < 1.29 is 0 Å². The Morgan fingerprint density at radius 2 is 0.815 bits per heavy atom. The van der Waals surface area contributed by atoms with E-state index in [2.05, 4.69) is 158 Å². The zero-order chi connectivity index (χ0) is 35.3. The average Bonchev–Trinajstić information content (AvgIpc) is 3.24. The van der Waals surface area contributed by atoms with E-state index in [4.69, 9.17) is 9.97 Å². The summed E-state index contributed by atoms with van der Waals surface area (Å²) in [5.74, 6) is 0. The van der Waals surface area contributed by atoms with Gasteiger partial charge in [0.15, 0.2) is 0 Å². The molecule has 2 heterocycles. The van der Waals surface area contributed by atoms with Gasteiger partial charge in [0.05, 0.1) is 11.0 Å². The number of fused-ring (bicyclic) bond motifs is 14. The third-order valence-electron chi connectivity index (χ3n) is 11.6. The van der Waals surface area contributed by atoms with Crippen molar-refractivity contribution in [2.75, 3.05) is 0 Å². The Bertz CT molecular complexity index is 3550. The second-order valence-electron chi connectivity index (χ2n) is 14.5. The van der Waals surface area contributed by atoms with Gasteiger partial charge >= 0.3 is 0 Å². The molecule has 0 unspecified atom stereocenters. The Hall–Kier alpha value is -7.16. The highest BCUT2D eigenvalue weighted by atomic mass is 14.7. The molecule has 10 aromatic carbocycles. The summed E-state index contributed by atoms with van der Waals surface area (Å²) in [6.07, 6.45) is 3.80. The molecule has 0 saturated carbocycles. The zero-order valence-electron chi connectivity index (χ0n) is 29.2. The molecule has 0 saturated heterocycles. The lowest BCUT2D eigenvalue weighted by atomic mass is 9.85. The van der Waals surface area contributed by atoms with Gasteiger partial charge in [0.1, 0.15) is 0 Å². The molecule has 0 amide bonds. The maximum Gasteiger partial charge on any atom is 0.0787 e. The minimum Gasteiger partial charge on any atom is -0.256 e. The summed E-state index contributed by atoms with van der Waals surface area (Å²) in [5.41, 5.74) is 6.82. The van der Waals surface area contributed by atoms with E-state index in [1.807, 2.05) is 24.5 Å². The summed E-state index contributed by atoms with van der Waals surface area (Å²) in [4.78, 5) is 9.76. The van der Waals surface area contributed by atoms with E-state index in [0.717, 1.165) is 21.8 Å². The molecule has 0 N–H and O–H groups in total. The molecule has 0 aliphatic heterocycles. The molecule has 0 atom stereocenters. The van der Waals surface area contributed by atoms with Gasteiger partial charge in [-0.15, -0.1) is 0 Å². The second kappa shape index (κ2) is 11.2. The van der Waals surface area contributed by atoms with Crippen LogP contribution < -0.4 is 0 Å². The van der Waals surface area contributed by atoms with Gasteiger partial charge in [-0.1, -0.05) is 121 Å². The van der Waals surface area contributed by atoms with E-state index >= 15 is 0 Å². The molecule has 248 valence electrons. The van der Waals surface area contributed by atoms with Gasteiger partial charge in [0.2, 0.25) is 0 Å². The van der Waals surface area contributed by atoms with Gasteiger partial charge in [0.25, 0.3) is 0 Å². The Morgan fingerprint density at radius 3 is 1.70 bits per heavy atom. The Morgan fingerprint density at radius 1 is 0.278 bits per heavy atom. The molecule has 12 aromatic rings.